The van der Waals surface area contributed by atoms with E-state index in [9.17, 15) is 14.9 Å². The van der Waals surface area contributed by atoms with Gasteiger partial charge in [0.15, 0.2) is 5.69 Å². The summed E-state index contributed by atoms with van der Waals surface area (Å²) >= 11 is 0. The number of nitrogens with two attached hydrogens (primary N) is 1. The van der Waals surface area contributed by atoms with Crippen LogP contribution in [0.15, 0.2) is 18.2 Å². The number of likely N-dealkylation sites (tertiary alicyclic amines) is 1. The van der Waals surface area contributed by atoms with E-state index in [1.54, 1.807) is 11.0 Å². The third-order valence-electron chi connectivity index (χ3n) is 4.56. The highest BCUT2D eigenvalue weighted by Crippen LogP contribution is 2.30. The number of carbonyl (C=O) groups is 1. The number of amides is 1. The van der Waals surface area contributed by atoms with Gasteiger partial charge in [-0.3, -0.25) is 20.0 Å². The zero-order valence-corrected chi connectivity index (χ0v) is 14.3. The number of halogens is 1. The Hall–Kier alpha value is -2.19. The molecule has 3 N–H and O–H groups in total. The van der Waals surface area contributed by atoms with Gasteiger partial charge in [-0.1, -0.05) is 13.8 Å². The lowest BCUT2D eigenvalue weighted by atomic mass is 9.79. The summed E-state index contributed by atoms with van der Waals surface area (Å²) in [7, 11) is 0. The maximum Gasteiger partial charge on any atom is 0.275 e. The number of aromatic amines is 1. The van der Waals surface area contributed by atoms with E-state index in [0.717, 1.165) is 6.42 Å². The number of nitrogens with one attached hydrogen (secondary N) is 1. The van der Waals surface area contributed by atoms with Crippen LogP contribution in [-0.4, -0.2) is 45.1 Å². The standard InChI is InChI=1S/C15H19N5O3.ClH/c1-15(2)8-19(6-5-12(15)16)14(21)13-10-7-9(20(22)23)3-4-11(10)17-18-13;/h3-4,7,12H,5-6,8,16H2,1-2H3,(H,17,18);1H. The Morgan fingerprint density at radius 1 is 1.50 bits per heavy atom. The molecule has 2 aromatic rings. The molecule has 130 valence electrons. The molecule has 1 amide bonds. The van der Waals surface area contributed by atoms with Crippen LogP contribution in [0.25, 0.3) is 10.9 Å². The number of piperidine rings is 1. The van der Waals surface area contributed by atoms with E-state index in [1.165, 1.54) is 12.1 Å². The van der Waals surface area contributed by atoms with Crippen molar-refractivity contribution in [1.82, 2.24) is 15.1 Å². The summed E-state index contributed by atoms with van der Waals surface area (Å²) in [5.74, 6) is -0.225. The highest BCUT2D eigenvalue weighted by Gasteiger charge is 2.36. The lowest BCUT2D eigenvalue weighted by molar-refractivity contribution is -0.384. The molecule has 1 aliphatic heterocycles. The Bertz CT molecular complexity index is 789. The summed E-state index contributed by atoms with van der Waals surface area (Å²) in [5, 5.41) is 18.2. The first-order valence-electron chi connectivity index (χ1n) is 7.47. The summed E-state index contributed by atoms with van der Waals surface area (Å²) < 4.78 is 0. The first-order valence-corrected chi connectivity index (χ1v) is 7.47. The summed E-state index contributed by atoms with van der Waals surface area (Å²) in [5.41, 5.74) is 6.69. The minimum atomic E-state index is -0.482. The Kier molecular flexibility index (Phi) is 4.82. The average molecular weight is 354 g/mol. The minimum Gasteiger partial charge on any atom is -0.337 e. The van der Waals surface area contributed by atoms with Crippen LogP contribution in [0.2, 0.25) is 0 Å². The fraction of sp³-hybridized carbons (Fsp3) is 0.467. The normalized spacial score (nSPS) is 19.8. The van der Waals surface area contributed by atoms with Crippen molar-refractivity contribution in [3.63, 3.8) is 0 Å². The maximum atomic E-state index is 12.8. The quantitative estimate of drug-likeness (QED) is 0.633. The largest absolute Gasteiger partial charge is 0.337 e. The van der Waals surface area contributed by atoms with E-state index in [0.29, 0.717) is 24.0 Å². The van der Waals surface area contributed by atoms with E-state index >= 15 is 0 Å². The van der Waals surface area contributed by atoms with Gasteiger partial charge in [0.1, 0.15) is 0 Å². The fourth-order valence-electron chi connectivity index (χ4n) is 2.98. The number of nitro groups is 1. The van der Waals surface area contributed by atoms with Gasteiger partial charge in [-0.15, -0.1) is 12.4 Å². The van der Waals surface area contributed by atoms with Gasteiger partial charge in [-0.05, 0) is 17.9 Å². The van der Waals surface area contributed by atoms with Crippen LogP contribution < -0.4 is 5.73 Å². The van der Waals surface area contributed by atoms with Gasteiger partial charge in [0.25, 0.3) is 11.6 Å². The molecular weight excluding hydrogens is 334 g/mol. The third-order valence-corrected chi connectivity index (χ3v) is 4.56. The maximum absolute atomic E-state index is 12.8. The number of rotatable bonds is 2. The lowest BCUT2D eigenvalue weighted by Gasteiger charge is -2.42. The van der Waals surface area contributed by atoms with Crippen molar-refractivity contribution in [2.24, 2.45) is 11.1 Å². The van der Waals surface area contributed by atoms with Crippen LogP contribution in [0, 0.1) is 15.5 Å². The van der Waals surface area contributed by atoms with Gasteiger partial charge in [-0.2, -0.15) is 5.10 Å². The monoisotopic (exact) mass is 353 g/mol. The predicted molar refractivity (Wildman–Crippen MR) is 92.3 cm³/mol. The number of fused-ring (bicyclic) bond motifs is 1. The molecule has 2 heterocycles. The number of hydrogen-bond acceptors (Lipinski definition) is 5. The summed E-state index contributed by atoms with van der Waals surface area (Å²) in [4.78, 5) is 25.0. The van der Waals surface area contributed by atoms with Crippen molar-refractivity contribution < 1.29 is 9.72 Å². The van der Waals surface area contributed by atoms with Crippen LogP contribution in [0.4, 0.5) is 5.69 Å². The van der Waals surface area contributed by atoms with Crippen molar-refractivity contribution >= 4 is 34.9 Å². The molecule has 9 heteroatoms. The molecule has 0 aliphatic carbocycles. The Morgan fingerprint density at radius 2 is 2.21 bits per heavy atom. The molecule has 1 aromatic carbocycles. The number of nitro benzene ring substituents is 1. The highest BCUT2D eigenvalue weighted by molar-refractivity contribution is 6.05. The summed E-state index contributed by atoms with van der Waals surface area (Å²) in [6, 6.07) is 4.38. The molecule has 1 fully saturated rings. The summed E-state index contributed by atoms with van der Waals surface area (Å²) in [6.07, 6.45) is 0.723. The topological polar surface area (TPSA) is 118 Å². The van der Waals surface area contributed by atoms with Crippen molar-refractivity contribution in [1.29, 1.82) is 0 Å². The van der Waals surface area contributed by atoms with Crippen LogP contribution in [0.5, 0.6) is 0 Å². The number of carbonyl (C=O) groups excluding carboxylic acids is 1. The van der Waals surface area contributed by atoms with Crippen molar-refractivity contribution in [2.45, 2.75) is 26.3 Å². The van der Waals surface area contributed by atoms with E-state index < -0.39 is 4.92 Å². The summed E-state index contributed by atoms with van der Waals surface area (Å²) in [6.45, 7) is 5.16. The Labute approximate surface area is 144 Å². The Balaban J connectivity index is 0.00000208. The van der Waals surface area contributed by atoms with E-state index in [2.05, 4.69) is 10.2 Å². The van der Waals surface area contributed by atoms with Gasteiger partial charge < -0.3 is 10.6 Å². The molecule has 3 rings (SSSR count). The number of H-pyrrole nitrogens is 1. The fourth-order valence-corrected chi connectivity index (χ4v) is 2.98. The van der Waals surface area contributed by atoms with Gasteiger partial charge in [0, 0.05) is 36.7 Å². The first-order chi connectivity index (χ1) is 10.8. The zero-order valence-electron chi connectivity index (χ0n) is 13.5. The molecule has 0 spiro atoms. The van der Waals surface area contributed by atoms with Crippen LogP contribution in [0.3, 0.4) is 0 Å². The number of non-ortho nitro benzene ring substituents is 1. The minimum absolute atomic E-state index is 0. The molecule has 0 radical (unpaired) electrons. The third kappa shape index (κ3) is 3.07. The molecule has 1 atom stereocenters. The molecular formula is C15H20ClN5O3. The Morgan fingerprint density at radius 3 is 2.83 bits per heavy atom. The van der Waals surface area contributed by atoms with Gasteiger partial charge in [0.2, 0.25) is 0 Å². The van der Waals surface area contributed by atoms with Crippen LogP contribution in [0.1, 0.15) is 30.8 Å². The van der Waals surface area contributed by atoms with Crippen LogP contribution in [-0.2, 0) is 0 Å². The van der Waals surface area contributed by atoms with E-state index in [4.69, 9.17) is 5.73 Å². The molecule has 1 unspecified atom stereocenters. The number of aromatic nitrogens is 2. The molecule has 1 aromatic heterocycles. The molecule has 0 saturated carbocycles. The zero-order chi connectivity index (χ0) is 16.8. The molecule has 0 bridgehead atoms. The lowest BCUT2D eigenvalue weighted by Crippen LogP contribution is -2.54. The number of nitrogens with zero attached hydrogens (tertiary/aromatic N) is 3. The highest BCUT2D eigenvalue weighted by atomic mass is 35.5. The molecule has 24 heavy (non-hydrogen) atoms. The van der Waals surface area contributed by atoms with Crippen molar-refractivity contribution in [3.05, 3.63) is 34.0 Å². The van der Waals surface area contributed by atoms with Crippen LogP contribution >= 0.6 is 12.4 Å². The van der Waals surface area contributed by atoms with E-state index in [1.807, 2.05) is 13.8 Å². The van der Waals surface area contributed by atoms with Gasteiger partial charge in [-0.25, -0.2) is 0 Å². The van der Waals surface area contributed by atoms with Crippen molar-refractivity contribution in [2.75, 3.05) is 13.1 Å². The van der Waals surface area contributed by atoms with Crippen molar-refractivity contribution in [3.8, 4) is 0 Å². The SMILES string of the molecule is CC1(C)CN(C(=O)c2n[nH]c3ccc([N+](=O)[O-])cc23)CCC1N.Cl. The smallest absolute Gasteiger partial charge is 0.275 e. The molecule has 1 saturated heterocycles. The number of hydrogen-bond donors (Lipinski definition) is 2. The second-order valence-electron chi connectivity index (χ2n) is 6.67. The van der Waals surface area contributed by atoms with E-state index in [-0.39, 0.29) is 41.2 Å². The second-order valence-corrected chi connectivity index (χ2v) is 6.67. The average Bonchev–Trinajstić information content (AvgIpc) is 2.92. The second kappa shape index (κ2) is 6.37. The predicted octanol–water partition coefficient (Wildman–Crippen LogP) is 2.09. The van der Waals surface area contributed by atoms with Gasteiger partial charge >= 0.3 is 0 Å². The first kappa shape index (κ1) is 18.2. The van der Waals surface area contributed by atoms with Gasteiger partial charge in [0.05, 0.1) is 10.4 Å². The number of benzene rings is 1. The molecule has 8 nitrogen and oxygen atoms in total. The molecule has 1 aliphatic rings.